The van der Waals surface area contributed by atoms with Crippen molar-refractivity contribution < 1.29 is 13.2 Å². The maximum Gasteiger partial charge on any atom is 0.261 e. The van der Waals surface area contributed by atoms with Crippen LogP contribution in [0.5, 0.6) is 0 Å². The molecule has 11 heteroatoms. The Morgan fingerprint density at radius 2 is 2.00 bits per heavy atom. The molecule has 1 saturated carbocycles. The highest BCUT2D eigenvalue weighted by Crippen LogP contribution is 2.41. The van der Waals surface area contributed by atoms with Gasteiger partial charge in [0.05, 0.1) is 28.4 Å². The van der Waals surface area contributed by atoms with E-state index in [1.807, 2.05) is 23.7 Å². The van der Waals surface area contributed by atoms with E-state index in [2.05, 4.69) is 16.4 Å². The zero-order valence-corrected chi connectivity index (χ0v) is 21.6. The highest BCUT2D eigenvalue weighted by atomic mass is 32.2. The molecule has 2 fully saturated rings. The molecule has 2 aromatic heterocycles. The first-order valence-electron chi connectivity index (χ1n) is 12.8. The second-order valence-electron chi connectivity index (χ2n) is 10.5. The molecule has 0 spiro atoms. The molecule has 10 nitrogen and oxygen atoms in total. The molecule has 1 aromatic carbocycles. The number of H-pyrrole nitrogens is 1. The van der Waals surface area contributed by atoms with Crippen LogP contribution in [0.4, 0.5) is 11.5 Å². The summed E-state index contributed by atoms with van der Waals surface area (Å²) >= 11 is 0. The Kier molecular flexibility index (Phi) is 5.86. The number of fused-ring (bicyclic) bond motifs is 2. The summed E-state index contributed by atoms with van der Waals surface area (Å²) < 4.78 is 35.7. The van der Waals surface area contributed by atoms with Crippen molar-refractivity contribution in [3.05, 3.63) is 46.4 Å². The highest BCUT2D eigenvalue weighted by molar-refractivity contribution is 7.89. The molecule has 6 rings (SSSR count). The molecule has 194 valence electrons. The van der Waals surface area contributed by atoms with Crippen molar-refractivity contribution in [2.45, 2.75) is 68.5 Å². The van der Waals surface area contributed by atoms with E-state index >= 15 is 0 Å². The van der Waals surface area contributed by atoms with Crippen LogP contribution < -0.4 is 10.9 Å². The van der Waals surface area contributed by atoms with Gasteiger partial charge in [-0.1, -0.05) is 12.8 Å². The van der Waals surface area contributed by atoms with E-state index in [9.17, 15) is 18.5 Å². The molecule has 3 aromatic rings. The number of nitriles is 1. The molecular weight excluding hydrogens is 492 g/mol. The fourth-order valence-corrected chi connectivity index (χ4v) is 8.07. The fourth-order valence-electron chi connectivity index (χ4n) is 6.06. The van der Waals surface area contributed by atoms with E-state index in [4.69, 9.17) is 9.84 Å². The average Bonchev–Trinajstić information content (AvgIpc) is 3.39. The Morgan fingerprint density at radius 3 is 2.78 bits per heavy atom. The van der Waals surface area contributed by atoms with Gasteiger partial charge in [0.15, 0.2) is 5.82 Å². The van der Waals surface area contributed by atoms with E-state index in [0.29, 0.717) is 65.5 Å². The van der Waals surface area contributed by atoms with Gasteiger partial charge < -0.3 is 15.0 Å². The van der Waals surface area contributed by atoms with Crippen LogP contribution in [0.15, 0.2) is 40.2 Å². The molecule has 2 N–H and O–H groups in total. The fraction of sp³-hybridized carbons (Fsp3) is 0.500. The van der Waals surface area contributed by atoms with E-state index in [-0.39, 0.29) is 17.5 Å². The van der Waals surface area contributed by atoms with Gasteiger partial charge in [-0.15, -0.1) is 0 Å². The molecule has 37 heavy (non-hydrogen) atoms. The summed E-state index contributed by atoms with van der Waals surface area (Å²) in [6, 6.07) is 9.32. The van der Waals surface area contributed by atoms with Crippen molar-refractivity contribution in [2.75, 3.05) is 18.5 Å². The first kappa shape index (κ1) is 24.2. The average molecular weight is 523 g/mol. The van der Waals surface area contributed by atoms with E-state index in [1.54, 1.807) is 22.6 Å². The van der Waals surface area contributed by atoms with E-state index in [1.165, 1.54) is 0 Å². The van der Waals surface area contributed by atoms with Crippen molar-refractivity contribution >= 4 is 32.4 Å². The summed E-state index contributed by atoms with van der Waals surface area (Å²) in [4.78, 5) is 15.9. The molecule has 1 saturated heterocycles. The molecule has 2 aliphatic heterocycles. The number of nitrogens with zero attached hydrogens (tertiary/aromatic N) is 4. The van der Waals surface area contributed by atoms with E-state index < -0.39 is 15.6 Å². The van der Waals surface area contributed by atoms with Crippen LogP contribution in [0.2, 0.25) is 0 Å². The Hall–Kier alpha value is -3.20. The Morgan fingerprint density at radius 1 is 1.22 bits per heavy atom. The molecule has 3 aliphatic rings. The smallest absolute Gasteiger partial charge is 0.261 e. The van der Waals surface area contributed by atoms with Gasteiger partial charge in [0.1, 0.15) is 5.39 Å². The topological polar surface area (TPSA) is 133 Å². The predicted molar refractivity (Wildman–Crippen MR) is 138 cm³/mol. The Balaban J connectivity index is 1.36. The summed E-state index contributed by atoms with van der Waals surface area (Å²) in [5.74, 6) is 0.236. The highest BCUT2D eigenvalue weighted by Gasteiger charge is 2.46. The van der Waals surface area contributed by atoms with Crippen molar-refractivity contribution in [3.63, 3.8) is 0 Å². The van der Waals surface area contributed by atoms with E-state index in [0.717, 1.165) is 25.7 Å². The number of aromatic amines is 1. The number of anilines is 2. The molecule has 0 amide bonds. The first-order valence-corrected chi connectivity index (χ1v) is 14.3. The van der Waals surface area contributed by atoms with Crippen molar-refractivity contribution in [2.24, 2.45) is 5.92 Å². The molecule has 0 bridgehead atoms. The minimum Gasteiger partial charge on any atom is -0.381 e. The summed E-state index contributed by atoms with van der Waals surface area (Å²) in [6.45, 7) is 3.38. The number of rotatable bonds is 4. The number of hydrogen-bond acceptors (Lipinski definition) is 7. The summed E-state index contributed by atoms with van der Waals surface area (Å²) in [5, 5.41) is 18.2. The van der Waals surface area contributed by atoms with Crippen LogP contribution in [-0.2, 0) is 21.3 Å². The number of aromatic nitrogens is 3. The lowest BCUT2D eigenvalue weighted by Crippen LogP contribution is -2.49. The summed E-state index contributed by atoms with van der Waals surface area (Å²) in [5.41, 5.74) is 1.30. The van der Waals surface area contributed by atoms with Gasteiger partial charge >= 0.3 is 0 Å². The molecular formula is C26H30N6O4S. The van der Waals surface area contributed by atoms with Gasteiger partial charge in [0, 0.05) is 37.2 Å². The Labute approximate surface area is 215 Å². The number of nitrogens with one attached hydrogen (secondary N) is 2. The molecule has 1 aliphatic carbocycles. The third-order valence-electron chi connectivity index (χ3n) is 8.22. The standard InChI is InChI=1S/C26H30N6O4S/c1-26(9-12-36-13-10-26)31-16-18-14-19(6-7-22(18)37(31,34)35)29-24-23-21(8-11-28-25(23)33)32(30-24)20-5-3-2-4-17(20)15-27/h6-8,11,14,17,20H,2-5,9-10,12-13,16H2,1H3,(H,28,33)(H,29,30). The normalized spacial score (nSPS) is 25.0. The van der Waals surface area contributed by atoms with Crippen LogP contribution >= 0.6 is 0 Å². The van der Waals surface area contributed by atoms with Crippen LogP contribution in [0, 0.1) is 17.2 Å². The van der Waals surface area contributed by atoms with Gasteiger partial charge in [-0.05, 0) is 62.4 Å². The Bertz CT molecular complexity index is 1560. The van der Waals surface area contributed by atoms with Gasteiger partial charge in [-0.25, -0.2) is 8.42 Å². The quantitative estimate of drug-likeness (QED) is 0.532. The van der Waals surface area contributed by atoms with Gasteiger partial charge in [-0.2, -0.15) is 14.7 Å². The van der Waals surface area contributed by atoms with Crippen LogP contribution in [0.3, 0.4) is 0 Å². The maximum absolute atomic E-state index is 13.4. The van der Waals surface area contributed by atoms with Crippen molar-refractivity contribution in [1.82, 2.24) is 19.1 Å². The lowest BCUT2D eigenvalue weighted by molar-refractivity contribution is 0.0138. The number of ether oxygens (including phenoxy) is 1. The molecule has 4 heterocycles. The monoisotopic (exact) mass is 522 g/mol. The zero-order valence-electron chi connectivity index (χ0n) is 20.7. The maximum atomic E-state index is 13.4. The van der Waals surface area contributed by atoms with Crippen LogP contribution in [0.1, 0.15) is 57.1 Å². The lowest BCUT2D eigenvalue weighted by Gasteiger charge is -2.40. The minimum absolute atomic E-state index is 0.0995. The van der Waals surface area contributed by atoms with Crippen molar-refractivity contribution in [3.8, 4) is 6.07 Å². The molecule has 2 unspecified atom stereocenters. The number of benzene rings is 1. The third kappa shape index (κ3) is 3.95. The lowest BCUT2D eigenvalue weighted by atomic mass is 9.85. The first-order chi connectivity index (χ1) is 17.8. The number of pyridine rings is 1. The molecule has 0 radical (unpaired) electrons. The second kappa shape index (κ2) is 8.97. The predicted octanol–water partition coefficient (Wildman–Crippen LogP) is 3.80. The number of sulfonamides is 1. The van der Waals surface area contributed by atoms with Gasteiger partial charge in [-0.3, -0.25) is 9.48 Å². The zero-order chi connectivity index (χ0) is 25.8. The van der Waals surface area contributed by atoms with Crippen molar-refractivity contribution in [1.29, 1.82) is 5.26 Å². The van der Waals surface area contributed by atoms with Gasteiger partial charge in [0.2, 0.25) is 10.0 Å². The number of hydrogen-bond donors (Lipinski definition) is 2. The summed E-state index contributed by atoms with van der Waals surface area (Å²) in [6.07, 6.45) is 6.58. The van der Waals surface area contributed by atoms with Crippen LogP contribution in [0.25, 0.3) is 10.9 Å². The summed E-state index contributed by atoms with van der Waals surface area (Å²) in [7, 11) is -3.61. The largest absolute Gasteiger partial charge is 0.381 e. The van der Waals surface area contributed by atoms with Gasteiger partial charge in [0.25, 0.3) is 5.56 Å². The second-order valence-corrected chi connectivity index (χ2v) is 12.3. The molecule has 2 atom stereocenters. The minimum atomic E-state index is -3.61. The third-order valence-corrected chi connectivity index (χ3v) is 10.3. The van der Waals surface area contributed by atoms with Crippen LogP contribution in [-0.4, -0.2) is 46.2 Å². The SMILES string of the molecule is CC1(N2Cc3cc(Nc4nn(C5CCCCC5C#N)c5cc[nH]c(=O)c45)ccc3S2(=O)=O)CCOCC1.